The highest BCUT2D eigenvalue weighted by Crippen LogP contribution is 2.24. The normalized spacial score (nSPS) is 10.9. The number of aryl methyl sites for hydroxylation is 1. The molecule has 0 aliphatic rings. The van der Waals surface area contributed by atoms with Crippen LogP contribution in [0.15, 0.2) is 69.7 Å². The van der Waals surface area contributed by atoms with Gasteiger partial charge < -0.3 is 14.1 Å². The van der Waals surface area contributed by atoms with Crippen molar-refractivity contribution in [2.45, 2.75) is 25.2 Å². The molecule has 0 N–H and O–H groups in total. The number of aromatic nitrogens is 3. The van der Waals surface area contributed by atoms with E-state index in [4.69, 9.17) is 9.15 Å². The van der Waals surface area contributed by atoms with E-state index in [0.29, 0.717) is 18.2 Å². The molecule has 1 aromatic carbocycles. The summed E-state index contributed by atoms with van der Waals surface area (Å²) in [4.78, 5) is 16.0. The van der Waals surface area contributed by atoms with Gasteiger partial charge in [-0.25, -0.2) is 0 Å². The average Bonchev–Trinajstić information content (AvgIpc) is 3.55. The maximum Gasteiger partial charge on any atom is 0.233 e. The van der Waals surface area contributed by atoms with Gasteiger partial charge in [0.05, 0.1) is 32.2 Å². The van der Waals surface area contributed by atoms with Crippen LogP contribution in [0, 0.1) is 6.92 Å². The van der Waals surface area contributed by atoms with Gasteiger partial charge in [-0.3, -0.25) is 9.36 Å². The standard InChI is InChI=1S/C22H22N4O3S2/c1-16-23-24-22(26(16)17-7-9-18(28-2)10-8-17)31-15-21(27)25(13-19-5-3-11-29-19)14-20-6-4-12-30-20/h3-12H,13-15H2,1-2H3. The lowest BCUT2D eigenvalue weighted by molar-refractivity contribution is -0.129. The summed E-state index contributed by atoms with van der Waals surface area (Å²) in [6.45, 7) is 2.86. The van der Waals surface area contributed by atoms with E-state index in [-0.39, 0.29) is 11.7 Å². The third kappa shape index (κ3) is 5.18. The van der Waals surface area contributed by atoms with Crippen LogP contribution < -0.4 is 4.74 Å². The first kappa shape index (κ1) is 21.2. The van der Waals surface area contributed by atoms with Gasteiger partial charge in [0.15, 0.2) is 5.16 Å². The molecule has 0 fully saturated rings. The first-order chi connectivity index (χ1) is 15.1. The first-order valence-corrected chi connectivity index (χ1v) is 11.5. The van der Waals surface area contributed by atoms with Crippen molar-refractivity contribution in [3.63, 3.8) is 0 Å². The van der Waals surface area contributed by atoms with Gasteiger partial charge in [0.2, 0.25) is 5.91 Å². The van der Waals surface area contributed by atoms with Gasteiger partial charge in [-0.05, 0) is 54.8 Å². The highest BCUT2D eigenvalue weighted by Gasteiger charge is 2.19. The van der Waals surface area contributed by atoms with Crippen LogP contribution in [0.4, 0.5) is 0 Å². The van der Waals surface area contributed by atoms with Crippen LogP contribution in [-0.4, -0.2) is 38.4 Å². The molecule has 0 saturated heterocycles. The fourth-order valence-electron chi connectivity index (χ4n) is 3.10. The van der Waals surface area contributed by atoms with Crippen LogP contribution in [0.3, 0.4) is 0 Å². The molecule has 4 rings (SSSR count). The molecule has 160 valence electrons. The van der Waals surface area contributed by atoms with Gasteiger partial charge in [-0.1, -0.05) is 17.8 Å². The van der Waals surface area contributed by atoms with Crippen molar-refractivity contribution in [1.82, 2.24) is 19.7 Å². The molecular formula is C22H22N4O3S2. The zero-order valence-corrected chi connectivity index (χ0v) is 18.9. The van der Waals surface area contributed by atoms with Crippen molar-refractivity contribution in [1.29, 1.82) is 0 Å². The van der Waals surface area contributed by atoms with Crippen LogP contribution in [-0.2, 0) is 17.9 Å². The Hall–Kier alpha value is -3.04. The van der Waals surface area contributed by atoms with Crippen LogP contribution >= 0.6 is 23.1 Å². The number of ether oxygens (including phenoxy) is 1. The number of methoxy groups -OCH3 is 1. The minimum absolute atomic E-state index is 0.0109. The van der Waals surface area contributed by atoms with Crippen molar-refractivity contribution in [2.24, 2.45) is 0 Å². The summed E-state index contributed by atoms with van der Waals surface area (Å²) in [6.07, 6.45) is 1.62. The molecule has 0 aliphatic carbocycles. The SMILES string of the molecule is COc1ccc(-n2c(C)nnc2SCC(=O)N(Cc2ccco2)Cc2cccs2)cc1. The summed E-state index contributed by atoms with van der Waals surface area (Å²) in [6, 6.07) is 15.4. The van der Waals surface area contributed by atoms with E-state index in [9.17, 15) is 4.79 Å². The lowest BCUT2D eigenvalue weighted by Crippen LogP contribution is -2.31. The topological polar surface area (TPSA) is 73.4 Å². The van der Waals surface area contributed by atoms with Crippen molar-refractivity contribution in [2.75, 3.05) is 12.9 Å². The summed E-state index contributed by atoms with van der Waals surface area (Å²) in [5.74, 6) is 2.55. The van der Waals surface area contributed by atoms with Crippen molar-refractivity contribution in [3.05, 3.63) is 76.6 Å². The molecule has 0 atom stereocenters. The fraction of sp³-hybridized carbons (Fsp3) is 0.227. The van der Waals surface area contributed by atoms with E-state index in [0.717, 1.165) is 27.9 Å². The molecule has 0 radical (unpaired) electrons. The number of amides is 1. The van der Waals surface area contributed by atoms with Crippen molar-refractivity contribution < 1.29 is 13.9 Å². The maximum absolute atomic E-state index is 13.1. The van der Waals surface area contributed by atoms with Gasteiger partial charge in [0.1, 0.15) is 17.3 Å². The minimum atomic E-state index is 0.0109. The Kier molecular flexibility index (Phi) is 6.73. The molecule has 4 aromatic rings. The molecule has 3 aromatic heterocycles. The second kappa shape index (κ2) is 9.84. The van der Waals surface area contributed by atoms with Crippen LogP contribution in [0.25, 0.3) is 5.69 Å². The van der Waals surface area contributed by atoms with E-state index >= 15 is 0 Å². The average molecular weight is 455 g/mol. The Bertz CT molecular complexity index is 1070. The monoisotopic (exact) mass is 454 g/mol. The second-order valence-corrected chi connectivity index (χ2v) is 8.74. The lowest BCUT2D eigenvalue weighted by Gasteiger charge is -2.21. The number of hydrogen-bond acceptors (Lipinski definition) is 7. The predicted molar refractivity (Wildman–Crippen MR) is 121 cm³/mol. The Labute approximate surface area is 188 Å². The van der Waals surface area contributed by atoms with E-state index in [1.807, 2.05) is 65.4 Å². The summed E-state index contributed by atoms with van der Waals surface area (Å²) in [5, 5.41) is 11.2. The minimum Gasteiger partial charge on any atom is -0.497 e. The number of benzene rings is 1. The number of furan rings is 1. The predicted octanol–water partition coefficient (Wildman–Crippen LogP) is 4.56. The van der Waals surface area contributed by atoms with Crippen molar-refractivity contribution >= 4 is 29.0 Å². The number of nitrogens with zero attached hydrogens (tertiary/aromatic N) is 4. The Morgan fingerprint density at radius 1 is 1.16 bits per heavy atom. The van der Waals surface area contributed by atoms with Crippen LogP contribution in [0.1, 0.15) is 16.5 Å². The highest BCUT2D eigenvalue weighted by molar-refractivity contribution is 7.99. The third-order valence-corrected chi connectivity index (χ3v) is 6.43. The van der Waals surface area contributed by atoms with E-state index in [2.05, 4.69) is 10.2 Å². The molecule has 3 heterocycles. The molecule has 0 unspecified atom stereocenters. The van der Waals surface area contributed by atoms with Crippen molar-refractivity contribution in [3.8, 4) is 11.4 Å². The summed E-state index contributed by atoms with van der Waals surface area (Å²) >= 11 is 3.01. The Morgan fingerprint density at radius 2 is 2.00 bits per heavy atom. The van der Waals surface area contributed by atoms with Crippen LogP contribution in [0.5, 0.6) is 5.75 Å². The number of thioether (sulfide) groups is 1. The zero-order valence-electron chi connectivity index (χ0n) is 17.2. The van der Waals surface area contributed by atoms with Gasteiger partial charge in [0, 0.05) is 10.6 Å². The highest BCUT2D eigenvalue weighted by atomic mass is 32.2. The van der Waals surface area contributed by atoms with E-state index in [1.54, 1.807) is 29.6 Å². The molecule has 0 spiro atoms. The third-order valence-electron chi connectivity index (χ3n) is 4.66. The molecule has 0 aliphatic heterocycles. The molecule has 1 amide bonds. The van der Waals surface area contributed by atoms with Gasteiger partial charge in [-0.15, -0.1) is 21.5 Å². The molecular weight excluding hydrogens is 432 g/mol. The van der Waals surface area contributed by atoms with Gasteiger partial charge >= 0.3 is 0 Å². The van der Waals surface area contributed by atoms with Gasteiger partial charge in [-0.2, -0.15) is 0 Å². The van der Waals surface area contributed by atoms with E-state index < -0.39 is 0 Å². The second-order valence-electron chi connectivity index (χ2n) is 6.76. The molecule has 0 saturated carbocycles. The molecule has 31 heavy (non-hydrogen) atoms. The smallest absolute Gasteiger partial charge is 0.233 e. The zero-order chi connectivity index (χ0) is 21.6. The number of carbonyl (C=O) groups excluding carboxylic acids is 1. The first-order valence-electron chi connectivity index (χ1n) is 9.66. The summed E-state index contributed by atoms with van der Waals surface area (Å²) < 4.78 is 12.6. The quantitative estimate of drug-likeness (QED) is 0.345. The van der Waals surface area contributed by atoms with Gasteiger partial charge in [0.25, 0.3) is 0 Å². The molecule has 0 bridgehead atoms. The largest absolute Gasteiger partial charge is 0.497 e. The lowest BCUT2D eigenvalue weighted by atomic mass is 10.3. The number of hydrogen-bond donors (Lipinski definition) is 0. The fourth-order valence-corrected chi connectivity index (χ4v) is 4.72. The number of thiophene rings is 1. The maximum atomic E-state index is 13.1. The van der Waals surface area contributed by atoms with E-state index in [1.165, 1.54) is 11.8 Å². The number of carbonyl (C=O) groups is 1. The Balaban J connectivity index is 1.48. The molecule has 9 heteroatoms. The number of rotatable bonds is 9. The summed E-state index contributed by atoms with van der Waals surface area (Å²) in [5.41, 5.74) is 0.921. The summed E-state index contributed by atoms with van der Waals surface area (Å²) in [7, 11) is 1.64. The van der Waals surface area contributed by atoms with Crippen LogP contribution in [0.2, 0.25) is 0 Å². The molecule has 7 nitrogen and oxygen atoms in total. The Morgan fingerprint density at radius 3 is 2.68 bits per heavy atom.